The number of hydrogen-bond acceptors (Lipinski definition) is 4. The molecule has 1 aliphatic heterocycles. The van der Waals surface area contributed by atoms with Crippen LogP contribution in [0.2, 0.25) is 0 Å². The average molecular weight is 357 g/mol. The van der Waals surface area contributed by atoms with Gasteiger partial charge in [-0.3, -0.25) is 4.79 Å². The summed E-state index contributed by atoms with van der Waals surface area (Å²) < 4.78 is 10.8. The van der Waals surface area contributed by atoms with Crippen LogP contribution in [-0.4, -0.2) is 36.8 Å². The van der Waals surface area contributed by atoms with E-state index in [9.17, 15) is 4.79 Å². The standard InChI is InChI=1S/C20H23NO3S/c1-14(25-17-7-5-4-6-8-17)20(22)21-10-9-15-11-18(23-2)19(24-3)12-16(15)13-21/h4-8,11-12,14H,9-10,13H2,1-3H3. The highest BCUT2D eigenvalue weighted by molar-refractivity contribution is 8.00. The Morgan fingerprint density at radius 1 is 1.08 bits per heavy atom. The fourth-order valence-corrected chi connectivity index (χ4v) is 4.05. The molecule has 2 aromatic carbocycles. The van der Waals surface area contributed by atoms with Crippen LogP contribution in [0.25, 0.3) is 0 Å². The molecule has 0 bridgehead atoms. The Hall–Kier alpha value is -2.14. The zero-order valence-electron chi connectivity index (χ0n) is 14.8. The minimum atomic E-state index is -0.107. The molecule has 25 heavy (non-hydrogen) atoms. The van der Waals surface area contributed by atoms with E-state index in [1.807, 2.05) is 54.3 Å². The molecule has 0 aliphatic carbocycles. The van der Waals surface area contributed by atoms with Gasteiger partial charge in [-0.25, -0.2) is 0 Å². The molecule has 1 atom stereocenters. The molecule has 0 saturated carbocycles. The van der Waals surface area contributed by atoms with Crippen molar-refractivity contribution in [2.75, 3.05) is 20.8 Å². The lowest BCUT2D eigenvalue weighted by molar-refractivity contribution is -0.131. The number of methoxy groups -OCH3 is 2. The normalized spacial score (nSPS) is 14.6. The van der Waals surface area contributed by atoms with Gasteiger partial charge in [0.1, 0.15) is 0 Å². The monoisotopic (exact) mass is 357 g/mol. The first-order chi connectivity index (χ1) is 12.1. The fraction of sp³-hybridized carbons (Fsp3) is 0.350. The molecule has 1 unspecified atom stereocenters. The first kappa shape index (κ1) is 17.7. The highest BCUT2D eigenvalue weighted by Gasteiger charge is 2.26. The number of carbonyl (C=O) groups excluding carboxylic acids is 1. The van der Waals surface area contributed by atoms with Crippen LogP contribution in [0.3, 0.4) is 0 Å². The van der Waals surface area contributed by atoms with Crippen LogP contribution in [0, 0.1) is 0 Å². The van der Waals surface area contributed by atoms with E-state index in [0.29, 0.717) is 12.3 Å². The number of thioether (sulfide) groups is 1. The van der Waals surface area contributed by atoms with E-state index < -0.39 is 0 Å². The van der Waals surface area contributed by atoms with E-state index >= 15 is 0 Å². The largest absolute Gasteiger partial charge is 0.493 e. The van der Waals surface area contributed by atoms with Gasteiger partial charge >= 0.3 is 0 Å². The maximum atomic E-state index is 12.8. The topological polar surface area (TPSA) is 38.8 Å². The van der Waals surface area contributed by atoms with Crippen LogP contribution < -0.4 is 9.47 Å². The quantitative estimate of drug-likeness (QED) is 0.764. The first-order valence-electron chi connectivity index (χ1n) is 8.36. The molecule has 2 aromatic rings. The van der Waals surface area contributed by atoms with Crippen LogP contribution >= 0.6 is 11.8 Å². The lowest BCUT2D eigenvalue weighted by Gasteiger charge is -2.31. The van der Waals surface area contributed by atoms with Gasteiger partial charge in [0.05, 0.1) is 19.5 Å². The minimum Gasteiger partial charge on any atom is -0.493 e. The smallest absolute Gasteiger partial charge is 0.236 e. The number of rotatable bonds is 5. The predicted octanol–water partition coefficient (Wildman–Crippen LogP) is 3.77. The van der Waals surface area contributed by atoms with Crippen molar-refractivity contribution in [3.05, 3.63) is 53.6 Å². The van der Waals surface area contributed by atoms with Crippen LogP contribution in [0.4, 0.5) is 0 Å². The Kier molecular flexibility index (Phi) is 5.53. The van der Waals surface area contributed by atoms with Gasteiger partial charge in [-0.05, 0) is 48.7 Å². The van der Waals surface area contributed by atoms with E-state index in [1.54, 1.807) is 26.0 Å². The summed E-state index contributed by atoms with van der Waals surface area (Å²) in [4.78, 5) is 15.9. The highest BCUT2D eigenvalue weighted by atomic mass is 32.2. The summed E-state index contributed by atoms with van der Waals surface area (Å²) in [5, 5.41) is -0.107. The molecule has 4 nitrogen and oxygen atoms in total. The molecule has 0 saturated heterocycles. The third kappa shape index (κ3) is 3.93. The highest BCUT2D eigenvalue weighted by Crippen LogP contribution is 2.34. The van der Waals surface area contributed by atoms with Gasteiger partial charge in [0.2, 0.25) is 5.91 Å². The molecule has 0 spiro atoms. The van der Waals surface area contributed by atoms with Crippen molar-refractivity contribution in [3.63, 3.8) is 0 Å². The second-order valence-corrected chi connectivity index (χ2v) is 7.47. The van der Waals surface area contributed by atoms with Gasteiger partial charge in [-0.15, -0.1) is 11.8 Å². The summed E-state index contributed by atoms with van der Waals surface area (Å²) in [6.45, 7) is 3.33. The molecular weight excluding hydrogens is 334 g/mol. The molecule has 0 radical (unpaired) electrons. The average Bonchev–Trinajstić information content (AvgIpc) is 2.66. The molecule has 0 N–H and O–H groups in total. The number of hydrogen-bond donors (Lipinski definition) is 0. The van der Waals surface area contributed by atoms with Gasteiger partial charge in [-0.2, -0.15) is 0 Å². The molecule has 132 valence electrons. The first-order valence-corrected chi connectivity index (χ1v) is 9.24. The van der Waals surface area contributed by atoms with Gasteiger partial charge < -0.3 is 14.4 Å². The Morgan fingerprint density at radius 2 is 1.72 bits per heavy atom. The molecule has 1 aliphatic rings. The number of ether oxygens (including phenoxy) is 2. The van der Waals surface area contributed by atoms with Crippen LogP contribution in [0.15, 0.2) is 47.4 Å². The molecule has 5 heteroatoms. The zero-order valence-corrected chi connectivity index (χ0v) is 15.6. The summed E-state index contributed by atoms with van der Waals surface area (Å²) >= 11 is 1.60. The Balaban J connectivity index is 1.72. The maximum Gasteiger partial charge on any atom is 0.236 e. The van der Waals surface area contributed by atoms with Gasteiger partial charge in [0.15, 0.2) is 11.5 Å². The Morgan fingerprint density at radius 3 is 2.36 bits per heavy atom. The van der Waals surface area contributed by atoms with Crippen molar-refractivity contribution in [1.29, 1.82) is 0 Å². The lowest BCUT2D eigenvalue weighted by atomic mass is 9.98. The number of amides is 1. The third-order valence-electron chi connectivity index (χ3n) is 4.43. The minimum absolute atomic E-state index is 0.107. The molecule has 0 fully saturated rings. The van der Waals surface area contributed by atoms with Crippen LogP contribution in [-0.2, 0) is 17.8 Å². The van der Waals surface area contributed by atoms with Crippen molar-refractivity contribution >= 4 is 17.7 Å². The Bertz CT molecular complexity index is 748. The number of carbonyl (C=O) groups is 1. The fourth-order valence-electron chi connectivity index (χ4n) is 3.08. The van der Waals surface area contributed by atoms with Gasteiger partial charge in [0.25, 0.3) is 0 Å². The summed E-state index contributed by atoms with van der Waals surface area (Å²) in [6, 6.07) is 14.1. The summed E-state index contributed by atoms with van der Waals surface area (Å²) in [5.41, 5.74) is 2.36. The maximum absolute atomic E-state index is 12.8. The van der Waals surface area contributed by atoms with Crippen LogP contribution in [0.5, 0.6) is 11.5 Å². The van der Waals surface area contributed by atoms with E-state index in [1.165, 1.54) is 5.56 Å². The SMILES string of the molecule is COc1cc2c(cc1OC)CN(C(=O)C(C)Sc1ccccc1)CC2. The van der Waals surface area contributed by atoms with Crippen molar-refractivity contribution < 1.29 is 14.3 Å². The van der Waals surface area contributed by atoms with E-state index in [4.69, 9.17) is 9.47 Å². The molecule has 1 amide bonds. The van der Waals surface area contributed by atoms with E-state index in [0.717, 1.165) is 29.2 Å². The predicted molar refractivity (Wildman–Crippen MR) is 100 cm³/mol. The summed E-state index contributed by atoms with van der Waals surface area (Å²) in [6.07, 6.45) is 0.837. The lowest BCUT2D eigenvalue weighted by Crippen LogP contribution is -2.40. The number of nitrogens with zero attached hydrogens (tertiary/aromatic N) is 1. The van der Waals surface area contributed by atoms with Gasteiger partial charge in [-0.1, -0.05) is 18.2 Å². The molecular formula is C20H23NO3S. The molecule has 0 aromatic heterocycles. The summed E-state index contributed by atoms with van der Waals surface area (Å²) in [5.74, 6) is 1.63. The summed E-state index contributed by atoms with van der Waals surface area (Å²) in [7, 11) is 3.28. The third-order valence-corrected chi connectivity index (χ3v) is 5.53. The second kappa shape index (κ2) is 7.83. The van der Waals surface area contributed by atoms with Gasteiger partial charge in [0, 0.05) is 18.0 Å². The number of fused-ring (bicyclic) bond motifs is 1. The van der Waals surface area contributed by atoms with Crippen LogP contribution in [0.1, 0.15) is 18.1 Å². The number of benzene rings is 2. The van der Waals surface area contributed by atoms with E-state index in [2.05, 4.69) is 0 Å². The molecule has 3 rings (SSSR count). The van der Waals surface area contributed by atoms with Crippen molar-refractivity contribution in [2.24, 2.45) is 0 Å². The molecule has 1 heterocycles. The Labute approximate surface area is 153 Å². The van der Waals surface area contributed by atoms with E-state index in [-0.39, 0.29) is 11.2 Å². The second-order valence-electron chi connectivity index (χ2n) is 6.06. The van der Waals surface area contributed by atoms with Crippen molar-refractivity contribution in [2.45, 2.75) is 30.0 Å². The zero-order chi connectivity index (χ0) is 17.8. The van der Waals surface area contributed by atoms with Crippen molar-refractivity contribution in [1.82, 2.24) is 4.90 Å². The van der Waals surface area contributed by atoms with Crippen molar-refractivity contribution in [3.8, 4) is 11.5 Å².